The quantitative estimate of drug-likeness (QED) is 0.406. The third-order valence-electron chi connectivity index (χ3n) is 0.243. The van der Waals surface area contributed by atoms with Crippen molar-refractivity contribution < 1.29 is 17.3 Å². The average molecular weight is 141 g/mol. The van der Waals surface area contributed by atoms with Crippen molar-refractivity contribution in [3.8, 4) is 0 Å². The summed E-state index contributed by atoms with van der Waals surface area (Å²) in [5.74, 6) is 0. The first-order valence-corrected chi connectivity index (χ1v) is 3.12. The molecule has 0 aromatic heterocycles. The van der Waals surface area contributed by atoms with Gasteiger partial charge in [0.2, 0.25) is 0 Å². The third-order valence-corrected chi connectivity index (χ3v) is 0.730. The Hall–Kier alpha value is -0.170. The highest BCUT2D eigenvalue weighted by atomic mass is 32.3. The largest absolute Gasteiger partial charge is 0.413 e. The minimum Gasteiger partial charge on any atom is -0.262 e. The Bertz CT molecular complexity index is 147. The van der Waals surface area contributed by atoms with Crippen LogP contribution >= 0.6 is 0 Å². The summed E-state index contributed by atoms with van der Waals surface area (Å²) in [5, 5.41) is 0.870. The van der Waals surface area contributed by atoms with Crippen molar-refractivity contribution in [2.75, 3.05) is 14.1 Å². The van der Waals surface area contributed by atoms with Crippen LogP contribution in [0.1, 0.15) is 0 Å². The van der Waals surface area contributed by atoms with Crippen molar-refractivity contribution in [3.05, 3.63) is 0 Å². The minimum atomic E-state index is -4.30. The molecule has 0 aliphatic carbocycles. The SMILES string of the molecule is CN(C)OS(=O)(=O)O. The molecule has 0 aliphatic heterocycles. The molecule has 0 saturated carbocycles. The van der Waals surface area contributed by atoms with Crippen LogP contribution in [0.3, 0.4) is 0 Å². The fraction of sp³-hybridized carbons (Fsp3) is 1.00. The maximum absolute atomic E-state index is 9.73. The Morgan fingerprint density at radius 2 is 1.88 bits per heavy atom. The van der Waals surface area contributed by atoms with E-state index in [9.17, 15) is 8.42 Å². The molecule has 0 rings (SSSR count). The van der Waals surface area contributed by atoms with Gasteiger partial charge in [0.1, 0.15) is 0 Å². The molecule has 6 heteroatoms. The topological polar surface area (TPSA) is 66.8 Å². The van der Waals surface area contributed by atoms with Crippen molar-refractivity contribution in [2.24, 2.45) is 0 Å². The molecule has 0 aromatic rings. The van der Waals surface area contributed by atoms with E-state index in [1.807, 2.05) is 0 Å². The molecule has 0 atom stereocenters. The molecule has 0 bridgehead atoms. The molecule has 0 radical (unpaired) electrons. The van der Waals surface area contributed by atoms with Gasteiger partial charge >= 0.3 is 10.4 Å². The van der Waals surface area contributed by atoms with Crippen molar-refractivity contribution >= 4 is 10.4 Å². The van der Waals surface area contributed by atoms with E-state index in [1.165, 1.54) is 14.1 Å². The fourth-order valence-electron chi connectivity index (χ4n) is 0.188. The molecule has 0 amide bonds. The Kier molecular flexibility index (Phi) is 2.35. The normalized spacial score (nSPS) is 12.5. The summed E-state index contributed by atoms with van der Waals surface area (Å²) in [6.07, 6.45) is 0. The summed E-state index contributed by atoms with van der Waals surface area (Å²) in [7, 11) is -1.62. The van der Waals surface area contributed by atoms with Crippen LogP contribution in [0.5, 0.6) is 0 Å². The molecule has 0 heterocycles. The maximum atomic E-state index is 9.73. The van der Waals surface area contributed by atoms with Crippen LogP contribution < -0.4 is 0 Å². The van der Waals surface area contributed by atoms with Crippen LogP contribution in [0.4, 0.5) is 0 Å². The van der Waals surface area contributed by atoms with Gasteiger partial charge in [0.25, 0.3) is 0 Å². The van der Waals surface area contributed by atoms with Gasteiger partial charge in [-0.25, -0.2) is 0 Å². The predicted molar refractivity (Wildman–Crippen MR) is 26.3 cm³/mol. The molecule has 1 N–H and O–H groups in total. The first-order valence-electron chi connectivity index (χ1n) is 1.76. The van der Waals surface area contributed by atoms with Crippen LogP contribution in [-0.2, 0) is 14.7 Å². The first kappa shape index (κ1) is 7.83. The number of hydrogen-bond donors (Lipinski definition) is 1. The molecule has 0 fully saturated rings. The van der Waals surface area contributed by atoms with Crippen LogP contribution in [0.2, 0.25) is 0 Å². The van der Waals surface area contributed by atoms with Crippen molar-refractivity contribution in [1.29, 1.82) is 0 Å². The first-order chi connectivity index (χ1) is 3.42. The Balaban J connectivity index is 3.75. The molecule has 8 heavy (non-hydrogen) atoms. The molecule has 0 spiro atoms. The molecule has 5 nitrogen and oxygen atoms in total. The molecule has 0 aliphatic rings. The summed E-state index contributed by atoms with van der Waals surface area (Å²) in [4.78, 5) is 0. The summed E-state index contributed by atoms with van der Waals surface area (Å²) < 4.78 is 31.2. The second kappa shape index (κ2) is 2.40. The van der Waals surface area contributed by atoms with Gasteiger partial charge in [-0.15, -0.1) is 0 Å². The lowest BCUT2D eigenvalue weighted by Crippen LogP contribution is -2.17. The van der Waals surface area contributed by atoms with Gasteiger partial charge in [-0.3, -0.25) is 4.55 Å². The van der Waals surface area contributed by atoms with Crippen LogP contribution in [0.25, 0.3) is 0 Å². The van der Waals surface area contributed by atoms with E-state index in [1.54, 1.807) is 0 Å². The highest BCUT2D eigenvalue weighted by Crippen LogP contribution is 1.85. The standard InChI is InChI=1S/C2H7NO4S/c1-3(2)7-8(4,5)6/h1-2H3,(H,4,5,6). The van der Waals surface area contributed by atoms with E-state index >= 15 is 0 Å². The fourth-order valence-corrected chi connectivity index (χ4v) is 0.565. The zero-order chi connectivity index (χ0) is 6.78. The predicted octanol–water partition coefficient (Wildman–Crippen LogP) is -0.718. The second-order valence-corrected chi connectivity index (χ2v) is 2.32. The molecular weight excluding hydrogens is 134 g/mol. The smallest absolute Gasteiger partial charge is 0.262 e. The maximum Gasteiger partial charge on any atom is 0.413 e. The Morgan fingerprint density at radius 1 is 1.50 bits per heavy atom. The van der Waals surface area contributed by atoms with Gasteiger partial charge in [0.05, 0.1) is 0 Å². The average Bonchev–Trinajstić information content (AvgIpc) is 1.21. The monoisotopic (exact) mass is 141 g/mol. The number of hydroxylamine groups is 2. The molecule has 50 valence electrons. The van der Waals surface area contributed by atoms with Gasteiger partial charge in [-0.2, -0.15) is 17.8 Å². The van der Waals surface area contributed by atoms with Crippen LogP contribution in [0, 0.1) is 0 Å². The summed E-state index contributed by atoms with van der Waals surface area (Å²) >= 11 is 0. The lowest BCUT2D eigenvalue weighted by molar-refractivity contribution is -0.00763. The zero-order valence-electron chi connectivity index (χ0n) is 4.53. The molecule has 0 saturated heterocycles. The van der Waals surface area contributed by atoms with Crippen LogP contribution in [-0.4, -0.2) is 32.1 Å². The van der Waals surface area contributed by atoms with Gasteiger partial charge < -0.3 is 0 Å². The van der Waals surface area contributed by atoms with Gasteiger partial charge in [-0.05, 0) is 0 Å². The zero-order valence-corrected chi connectivity index (χ0v) is 5.34. The Labute approximate surface area is 47.8 Å². The summed E-state index contributed by atoms with van der Waals surface area (Å²) in [6, 6.07) is 0. The van der Waals surface area contributed by atoms with Gasteiger partial charge in [-0.1, -0.05) is 0 Å². The van der Waals surface area contributed by atoms with E-state index < -0.39 is 10.4 Å². The number of hydrogen-bond acceptors (Lipinski definition) is 4. The van der Waals surface area contributed by atoms with Crippen LogP contribution in [0.15, 0.2) is 0 Å². The van der Waals surface area contributed by atoms with Gasteiger partial charge in [0, 0.05) is 14.1 Å². The summed E-state index contributed by atoms with van der Waals surface area (Å²) in [5.41, 5.74) is 0. The van der Waals surface area contributed by atoms with Crippen molar-refractivity contribution in [2.45, 2.75) is 0 Å². The lowest BCUT2D eigenvalue weighted by Gasteiger charge is -2.03. The third kappa shape index (κ3) is 5.83. The lowest BCUT2D eigenvalue weighted by atomic mass is 11.2. The van der Waals surface area contributed by atoms with E-state index in [0.29, 0.717) is 0 Å². The highest BCUT2D eigenvalue weighted by molar-refractivity contribution is 7.80. The van der Waals surface area contributed by atoms with E-state index in [-0.39, 0.29) is 0 Å². The number of rotatable bonds is 2. The van der Waals surface area contributed by atoms with Crippen molar-refractivity contribution in [3.63, 3.8) is 0 Å². The minimum absolute atomic E-state index is 0.870. The van der Waals surface area contributed by atoms with Crippen molar-refractivity contribution in [1.82, 2.24) is 5.06 Å². The molecule has 0 unspecified atom stereocenters. The second-order valence-electron chi connectivity index (χ2n) is 1.31. The highest BCUT2D eigenvalue weighted by Gasteiger charge is 2.04. The Morgan fingerprint density at radius 3 is 1.88 bits per heavy atom. The summed E-state index contributed by atoms with van der Waals surface area (Å²) in [6.45, 7) is 0. The van der Waals surface area contributed by atoms with E-state index in [4.69, 9.17) is 4.55 Å². The number of nitrogens with zero attached hydrogens (tertiary/aromatic N) is 1. The van der Waals surface area contributed by atoms with Gasteiger partial charge in [0.15, 0.2) is 0 Å². The van der Waals surface area contributed by atoms with E-state index in [2.05, 4.69) is 4.28 Å². The molecular formula is C2H7NO4S. The molecule has 0 aromatic carbocycles. The van der Waals surface area contributed by atoms with E-state index in [0.717, 1.165) is 5.06 Å².